The third kappa shape index (κ3) is 7.81. The normalized spacial score (nSPS) is 10.5. The number of ether oxygens (including phenoxy) is 4. The minimum Gasteiger partial charge on any atom is -0.493 e. The van der Waals surface area contributed by atoms with Crippen molar-refractivity contribution in [2.24, 2.45) is 0 Å². The van der Waals surface area contributed by atoms with Crippen LogP contribution >= 0.6 is 0 Å². The molecule has 0 heterocycles. The highest BCUT2D eigenvalue weighted by molar-refractivity contribution is 5.48. The number of rotatable bonds is 13. The standard InChI is InChI=1S/C35H33NO4/c1-37-35-22-30(14-21-34(35)40-26-28-10-6-3-7-11-28)23-36-31-15-12-29(13-16-31)25-39-33-19-17-32(18-20-33)38-24-27-8-4-2-5-9-27/h2-22,36H,23-26H2,1H3. The van der Waals surface area contributed by atoms with E-state index in [4.69, 9.17) is 18.9 Å². The molecule has 0 amide bonds. The first kappa shape index (κ1) is 26.7. The number of nitrogens with one attached hydrogen (secondary N) is 1. The molecule has 0 unspecified atom stereocenters. The van der Waals surface area contributed by atoms with Crippen LogP contribution in [0.1, 0.15) is 22.3 Å². The third-order valence-corrected chi connectivity index (χ3v) is 6.39. The Morgan fingerprint density at radius 3 is 1.52 bits per heavy atom. The van der Waals surface area contributed by atoms with Crippen LogP contribution in [0.25, 0.3) is 0 Å². The van der Waals surface area contributed by atoms with Crippen molar-refractivity contribution >= 4 is 5.69 Å². The van der Waals surface area contributed by atoms with Crippen LogP contribution in [0.15, 0.2) is 127 Å². The fraction of sp³-hybridized carbons (Fsp3) is 0.143. The lowest BCUT2D eigenvalue weighted by Crippen LogP contribution is -2.02. The summed E-state index contributed by atoms with van der Waals surface area (Å²) in [6.45, 7) is 2.21. The molecule has 5 rings (SSSR count). The Hall–Kier alpha value is -4.90. The summed E-state index contributed by atoms with van der Waals surface area (Å²) < 4.78 is 23.3. The number of benzene rings is 5. The number of hydrogen-bond acceptors (Lipinski definition) is 5. The first-order valence-corrected chi connectivity index (χ1v) is 13.3. The lowest BCUT2D eigenvalue weighted by Gasteiger charge is -2.13. The summed E-state index contributed by atoms with van der Waals surface area (Å²) in [7, 11) is 1.66. The molecule has 0 aliphatic heterocycles. The second kappa shape index (κ2) is 13.8. The lowest BCUT2D eigenvalue weighted by atomic mass is 10.1. The molecule has 0 aromatic heterocycles. The van der Waals surface area contributed by atoms with E-state index in [0.717, 1.165) is 50.9 Å². The lowest BCUT2D eigenvalue weighted by molar-refractivity contribution is 0.284. The third-order valence-electron chi connectivity index (χ3n) is 6.39. The van der Waals surface area contributed by atoms with E-state index in [9.17, 15) is 0 Å². The van der Waals surface area contributed by atoms with Crippen molar-refractivity contribution in [2.45, 2.75) is 26.4 Å². The molecule has 0 saturated heterocycles. The first-order chi connectivity index (χ1) is 19.7. The average Bonchev–Trinajstić information content (AvgIpc) is 3.03. The van der Waals surface area contributed by atoms with E-state index in [1.54, 1.807) is 7.11 Å². The van der Waals surface area contributed by atoms with Gasteiger partial charge in [-0.1, -0.05) is 78.9 Å². The van der Waals surface area contributed by atoms with Gasteiger partial charge >= 0.3 is 0 Å². The molecule has 1 N–H and O–H groups in total. The van der Waals surface area contributed by atoms with E-state index in [1.165, 1.54) is 0 Å². The zero-order chi connectivity index (χ0) is 27.4. The Labute approximate surface area is 235 Å². The van der Waals surface area contributed by atoms with Gasteiger partial charge < -0.3 is 24.3 Å². The van der Waals surface area contributed by atoms with Crippen molar-refractivity contribution in [3.05, 3.63) is 150 Å². The maximum Gasteiger partial charge on any atom is 0.161 e. The molecule has 0 atom stereocenters. The van der Waals surface area contributed by atoms with Crippen LogP contribution in [0.5, 0.6) is 23.0 Å². The van der Waals surface area contributed by atoms with Crippen LogP contribution in [0.3, 0.4) is 0 Å². The Morgan fingerprint density at radius 1 is 0.475 bits per heavy atom. The minimum atomic E-state index is 0.492. The molecule has 0 aliphatic carbocycles. The van der Waals surface area contributed by atoms with Crippen molar-refractivity contribution in [3.8, 4) is 23.0 Å². The van der Waals surface area contributed by atoms with Gasteiger partial charge in [0.05, 0.1) is 7.11 Å². The van der Waals surface area contributed by atoms with Crippen LogP contribution in [0.2, 0.25) is 0 Å². The molecule has 0 radical (unpaired) electrons. The van der Waals surface area contributed by atoms with Gasteiger partial charge in [-0.05, 0) is 70.8 Å². The van der Waals surface area contributed by atoms with Gasteiger partial charge in [-0.3, -0.25) is 0 Å². The smallest absolute Gasteiger partial charge is 0.161 e. The van der Waals surface area contributed by atoms with Gasteiger partial charge in [0.15, 0.2) is 11.5 Å². The molecule has 5 nitrogen and oxygen atoms in total. The molecule has 40 heavy (non-hydrogen) atoms. The van der Waals surface area contributed by atoms with E-state index in [1.807, 2.05) is 84.9 Å². The van der Waals surface area contributed by atoms with E-state index < -0.39 is 0 Å². The van der Waals surface area contributed by atoms with E-state index >= 15 is 0 Å². The van der Waals surface area contributed by atoms with Crippen molar-refractivity contribution in [1.29, 1.82) is 0 Å². The van der Waals surface area contributed by atoms with E-state index in [0.29, 0.717) is 26.4 Å². The Balaban J connectivity index is 1.07. The molecule has 0 fully saturated rings. The van der Waals surface area contributed by atoms with Crippen LogP contribution < -0.4 is 24.3 Å². The maximum absolute atomic E-state index is 5.97. The molecule has 202 valence electrons. The average molecular weight is 532 g/mol. The van der Waals surface area contributed by atoms with Gasteiger partial charge in [0, 0.05) is 12.2 Å². The second-order valence-corrected chi connectivity index (χ2v) is 9.34. The quantitative estimate of drug-likeness (QED) is 0.167. The fourth-order valence-corrected chi connectivity index (χ4v) is 4.14. The van der Waals surface area contributed by atoms with Gasteiger partial charge in [0.2, 0.25) is 0 Å². The highest BCUT2D eigenvalue weighted by Gasteiger charge is 2.07. The molecule has 5 aromatic rings. The maximum atomic E-state index is 5.97. The molecule has 0 bridgehead atoms. The summed E-state index contributed by atoms with van der Waals surface area (Å²) in [5.74, 6) is 3.07. The van der Waals surface area contributed by atoms with Crippen LogP contribution in [-0.2, 0) is 26.4 Å². The highest BCUT2D eigenvalue weighted by atomic mass is 16.5. The molecular weight excluding hydrogens is 498 g/mol. The summed E-state index contributed by atoms with van der Waals surface area (Å²) in [6.07, 6.45) is 0. The predicted molar refractivity (Wildman–Crippen MR) is 159 cm³/mol. The molecular formula is C35H33NO4. The summed E-state index contributed by atoms with van der Waals surface area (Å²) in [4.78, 5) is 0. The van der Waals surface area contributed by atoms with Crippen molar-refractivity contribution in [3.63, 3.8) is 0 Å². The van der Waals surface area contributed by atoms with Crippen molar-refractivity contribution in [2.75, 3.05) is 12.4 Å². The minimum absolute atomic E-state index is 0.492. The Morgan fingerprint density at radius 2 is 0.975 bits per heavy atom. The fourth-order valence-electron chi connectivity index (χ4n) is 4.14. The second-order valence-electron chi connectivity index (χ2n) is 9.34. The largest absolute Gasteiger partial charge is 0.493 e. The number of hydrogen-bond donors (Lipinski definition) is 1. The van der Waals surface area contributed by atoms with E-state index in [-0.39, 0.29) is 0 Å². The Kier molecular flexibility index (Phi) is 9.19. The molecule has 0 aliphatic rings. The molecule has 5 aromatic carbocycles. The summed E-state index contributed by atoms with van der Waals surface area (Å²) in [6, 6.07) is 42.2. The highest BCUT2D eigenvalue weighted by Crippen LogP contribution is 2.29. The van der Waals surface area contributed by atoms with Gasteiger partial charge in [0.25, 0.3) is 0 Å². The van der Waals surface area contributed by atoms with Gasteiger partial charge in [-0.15, -0.1) is 0 Å². The topological polar surface area (TPSA) is 49.0 Å². The number of anilines is 1. The first-order valence-electron chi connectivity index (χ1n) is 13.3. The predicted octanol–water partition coefficient (Wildman–Crippen LogP) is 8.04. The summed E-state index contributed by atoms with van der Waals surface area (Å²) in [5, 5.41) is 3.47. The molecule has 0 spiro atoms. The van der Waals surface area contributed by atoms with Crippen LogP contribution in [-0.4, -0.2) is 7.11 Å². The van der Waals surface area contributed by atoms with Gasteiger partial charge in [0.1, 0.15) is 31.3 Å². The van der Waals surface area contributed by atoms with Crippen LogP contribution in [0, 0.1) is 0 Å². The zero-order valence-electron chi connectivity index (χ0n) is 22.6. The van der Waals surface area contributed by atoms with E-state index in [2.05, 4.69) is 47.8 Å². The van der Waals surface area contributed by atoms with Crippen molar-refractivity contribution < 1.29 is 18.9 Å². The molecule has 5 heteroatoms. The summed E-state index contributed by atoms with van der Waals surface area (Å²) >= 11 is 0. The monoisotopic (exact) mass is 531 g/mol. The molecule has 0 saturated carbocycles. The SMILES string of the molecule is COc1cc(CNc2ccc(COc3ccc(OCc4ccccc4)cc3)cc2)ccc1OCc1ccccc1. The number of methoxy groups -OCH3 is 1. The van der Waals surface area contributed by atoms with Gasteiger partial charge in [-0.25, -0.2) is 0 Å². The van der Waals surface area contributed by atoms with Crippen molar-refractivity contribution in [1.82, 2.24) is 0 Å². The van der Waals surface area contributed by atoms with Gasteiger partial charge in [-0.2, -0.15) is 0 Å². The van der Waals surface area contributed by atoms with Crippen LogP contribution in [0.4, 0.5) is 5.69 Å². The Bertz CT molecular complexity index is 1450. The zero-order valence-corrected chi connectivity index (χ0v) is 22.6. The summed E-state index contributed by atoms with van der Waals surface area (Å²) in [5.41, 5.74) is 5.49.